The summed E-state index contributed by atoms with van der Waals surface area (Å²) in [5, 5.41) is 2.72. The number of fused-ring (bicyclic) bond motifs is 1. The normalized spacial score (nSPS) is 9.83. The van der Waals surface area contributed by atoms with E-state index >= 15 is 0 Å². The van der Waals surface area contributed by atoms with Crippen LogP contribution in [-0.2, 0) is 26.2 Å². The minimum absolute atomic E-state index is 0. The fraction of sp³-hybridized carbons (Fsp3) is 0.174. The fourth-order valence-corrected chi connectivity index (χ4v) is 2.46. The van der Waals surface area contributed by atoms with Gasteiger partial charge >= 0.3 is 0 Å². The Kier molecular flexibility index (Phi) is 8.22. The second kappa shape index (κ2) is 9.65. The minimum atomic E-state index is 0. The third kappa shape index (κ3) is 5.21. The monoisotopic (exact) mass is 391 g/mol. The summed E-state index contributed by atoms with van der Waals surface area (Å²) in [7, 11) is 0. The maximum atomic E-state index is 3.56. The molecule has 0 saturated heterocycles. The van der Waals surface area contributed by atoms with Crippen LogP contribution < -0.4 is 0 Å². The molecule has 0 aliphatic carbocycles. The van der Waals surface area contributed by atoms with E-state index in [-0.39, 0.29) is 26.2 Å². The van der Waals surface area contributed by atoms with Gasteiger partial charge in [0.15, 0.2) is 0 Å². The molecule has 0 aliphatic rings. The van der Waals surface area contributed by atoms with Crippen LogP contribution in [0.15, 0.2) is 85.5 Å². The van der Waals surface area contributed by atoms with E-state index in [1.54, 1.807) is 6.08 Å². The van der Waals surface area contributed by atoms with E-state index < -0.39 is 0 Å². The Morgan fingerprint density at radius 3 is 2.21 bits per heavy atom. The molecule has 0 nitrogen and oxygen atoms in total. The van der Waals surface area contributed by atoms with Gasteiger partial charge in [-0.15, -0.1) is 34.5 Å². The zero-order valence-corrected chi connectivity index (χ0v) is 17.3. The van der Waals surface area contributed by atoms with Crippen LogP contribution in [0.5, 0.6) is 0 Å². The Morgan fingerprint density at radius 1 is 1.04 bits per heavy atom. The van der Waals surface area contributed by atoms with E-state index in [0.29, 0.717) is 5.92 Å². The molecule has 24 heavy (non-hydrogen) atoms. The molecule has 0 spiro atoms. The van der Waals surface area contributed by atoms with E-state index in [9.17, 15) is 0 Å². The molecule has 0 N–H and O–H groups in total. The summed E-state index contributed by atoms with van der Waals surface area (Å²) < 4.78 is 0. The summed E-state index contributed by atoms with van der Waals surface area (Å²) in [6, 6.07) is 21.8. The minimum Gasteiger partial charge on any atom is -0.164 e. The summed E-state index contributed by atoms with van der Waals surface area (Å²) >= 11 is 0. The number of allylic oxidation sites excluding steroid dienone is 2. The van der Waals surface area contributed by atoms with Crippen LogP contribution in [0.25, 0.3) is 21.9 Å². The van der Waals surface area contributed by atoms with E-state index in [4.69, 9.17) is 0 Å². The van der Waals surface area contributed by atoms with Crippen molar-refractivity contribution in [2.75, 3.05) is 0 Å². The fourth-order valence-electron chi connectivity index (χ4n) is 2.46. The molecule has 0 aliphatic heterocycles. The van der Waals surface area contributed by atoms with Crippen LogP contribution in [0.4, 0.5) is 0 Å². The number of hydrogen-bond donors (Lipinski definition) is 0. The van der Waals surface area contributed by atoms with Gasteiger partial charge in [0.05, 0.1) is 0 Å². The van der Waals surface area contributed by atoms with Crippen molar-refractivity contribution >= 4 is 10.8 Å². The van der Waals surface area contributed by atoms with Crippen LogP contribution in [0.3, 0.4) is 0 Å². The van der Waals surface area contributed by atoms with Gasteiger partial charge in [-0.05, 0) is 18.4 Å². The van der Waals surface area contributed by atoms with Gasteiger partial charge in [-0.2, -0.15) is 6.07 Å². The molecule has 3 aromatic carbocycles. The summed E-state index contributed by atoms with van der Waals surface area (Å²) in [6.45, 7) is 13.4. The quantitative estimate of drug-likeness (QED) is 0.329. The van der Waals surface area contributed by atoms with Gasteiger partial charge in [-0.1, -0.05) is 80.6 Å². The Morgan fingerprint density at radius 2 is 1.67 bits per heavy atom. The van der Waals surface area contributed by atoms with Crippen LogP contribution in [0.1, 0.15) is 32.3 Å². The molecule has 0 heterocycles. The van der Waals surface area contributed by atoms with E-state index in [2.05, 4.69) is 87.7 Å². The molecule has 0 unspecified atom stereocenters. The Hall–Kier alpha value is -1.59. The molecule has 3 aromatic rings. The molecule has 3 rings (SSSR count). The maximum absolute atomic E-state index is 3.56. The van der Waals surface area contributed by atoms with Crippen molar-refractivity contribution in [1.29, 1.82) is 0 Å². The molecule has 0 atom stereocenters. The third-order valence-corrected chi connectivity index (χ3v) is 3.87. The van der Waals surface area contributed by atoms with Crippen LogP contribution in [0.2, 0.25) is 0 Å². The zero-order valence-electron chi connectivity index (χ0n) is 14.8. The average Bonchev–Trinajstić information content (AvgIpc) is 3.00. The second-order valence-electron chi connectivity index (χ2n) is 6.17. The zero-order chi connectivity index (χ0) is 16.8. The molecular weight excluding hydrogens is 367 g/mol. The van der Waals surface area contributed by atoms with Gasteiger partial charge in [0.2, 0.25) is 0 Å². The van der Waals surface area contributed by atoms with Crippen LogP contribution in [-0.4, -0.2) is 0 Å². The van der Waals surface area contributed by atoms with Gasteiger partial charge < -0.3 is 0 Å². The van der Waals surface area contributed by atoms with Gasteiger partial charge in [0.25, 0.3) is 0 Å². The van der Waals surface area contributed by atoms with E-state index in [0.717, 1.165) is 5.57 Å². The van der Waals surface area contributed by atoms with Crippen LogP contribution in [0, 0.1) is 0 Å². The summed E-state index contributed by atoms with van der Waals surface area (Å²) in [5.41, 5.74) is 5.07. The smallest absolute Gasteiger partial charge is 0 e. The molecule has 0 radical (unpaired) electrons. The largest absolute Gasteiger partial charge is 0.164 e. The van der Waals surface area contributed by atoms with Crippen molar-refractivity contribution in [3.05, 3.63) is 91.0 Å². The predicted molar refractivity (Wildman–Crippen MR) is 104 cm³/mol. The third-order valence-electron chi connectivity index (χ3n) is 3.87. The van der Waals surface area contributed by atoms with Crippen molar-refractivity contribution in [3.63, 3.8) is 0 Å². The van der Waals surface area contributed by atoms with Crippen molar-refractivity contribution in [1.82, 2.24) is 0 Å². The summed E-state index contributed by atoms with van der Waals surface area (Å²) in [6.07, 6.45) is 1.72. The number of benzene rings is 2. The summed E-state index contributed by atoms with van der Waals surface area (Å²) in [4.78, 5) is 0. The maximum Gasteiger partial charge on any atom is 0 e. The number of rotatable bonds is 3. The molecule has 0 bridgehead atoms. The first-order valence-corrected chi connectivity index (χ1v) is 8.05. The molecular formula is C23H25Zr-. The number of hydrogen-bond acceptors (Lipinski definition) is 0. The first kappa shape index (κ1) is 20.5. The van der Waals surface area contributed by atoms with Gasteiger partial charge in [0, 0.05) is 26.2 Å². The summed E-state index contributed by atoms with van der Waals surface area (Å²) in [5.74, 6) is 0.584. The van der Waals surface area contributed by atoms with Gasteiger partial charge in [-0.3, -0.25) is 0 Å². The molecule has 0 saturated carbocycles. The Balaban J connectivity index is 0.000000425. The molecule has 1 heteroatoms. The molecule has 0 aromatic heterocycles. The Labute approximate surface area is 165 Å². The van der Waals surface area contributed by atoms with Gasteiger partial charge in [0.1, 0.15) is 0 Å². The predicted octanol–water partition coefficient (Wildman–Crippen LogP) is 7.10. The van der Waals surface area contributed by atoms with Crippen molar-refractivity contribution in [2.24, 2.45) is 0 Å². The van der Waals surface area contributed by atoms with Gasteiger partial charge in [-0.25, -0.2) is 0 Å². The van der Waals surface area contributed by atoms with E-state index in [1.807, 2.05) is 6.92 Å². The van der Waals surface area contributed by atoms with E-state index in [1.165, 1.54) is 27.5 Å². The first-order valence-electron chi connectivity index (χ1n) is 8.05. The van der Waals surface area contributed by atoms with Crippen molar-refractivity contribution in [3.8, 4) is 11.1 Å². The van der Waals surface area contributed by atoms with Crippen molar-refractivity contribution in [2.45, 2.75) is 26.7 Å². The standard InChI is InChI=1S/C18H17.C5H8.Zr/c1-13(2)16-11-15-9-6-10-17(18(15)12-16)14-7-4-3-5-8-14;1-4-5(2)3;/h3-13H,1-2H3;4H,1-2H2,3H3;/q-1;;. The van der Waals surface area contributed by atoms with Crippen molar-refractivity contribution < 1.29 is 26.2 Å². The molecule has 122 valence electrons. The SMILES string of the molecule is C=CC(=C)C.CC(C)c1cc2c(-c3ccccc3)cccc2[cH-]1.[Zr]. The molecule has 0 amide bonds. The first-order chi connectivity index (χ1) is 11.0. The topological polar surface area (TPSA) is 0 Å². The second-order valence-corrected chi connectivity index (χ2v) is 6.17. The average molecular weight is 393 g/mol. The Bertz CT molecular complexity index is 791. The molecule has 0 fully saturated rings. The van der Waals surface area contributed by atoms with Crippen LogP contribution >= 0.6 is 0 Å².